The maximum Gasteiger partial charge on any atom is 0.0235 e. The molecule has 0 saturated heterocycles. The summed E-state index contributed by atoms with van der Waals surface area (Å²) in [5.74, 6) is 1.78. The lowest BCUT2D eigenvalue weighted by Gasteiger charge is -2.19. The Labute approximate surface area is 81.1 Å². The first-order valence-corrected chi connectivity index (χ1v) is 5.61. The normalized spacial score (nSPS) is 19.2. The van der Waals surface area contributed by atoms with Crippen LogP contribution in [0.1, 0.15) is 32.1 Å². The Hall–Kier alpha value is 0.250. The monoisotopic (exact) mass is 189 g/mol. The number of halogens is 1. The third-order valence-corrected chi connectivity index (χ3v) is 2.99. The van der Waals surface area contributed by atoms with E-state index >= 15 is 0 Å². The second kappa shape index (κ2) is 5.82. The molecule has 0 heterocycles. The van der Waals surface area contributed by atoms with Gasteiger partial charge >= 0.3 is 0 Å². The van der Waals surface area contributed by atoms with Crippen molar-refractivity contribution in [2.75, 3.05) is 26.0 Å². The van der Waals surface area contributed by atoms with Crippen LogP contribution in [0.5, 0.6) is 0 Å². The van der Waals surface area contributed by atoms with Crippen molar-refractivity contribution in [3.63, 3.8) is 0 Å². The minimum Gasteiger partial charge on any atom is -0.306 e. The third kappa shape index (κ3) is 3.77. The Morgan fingerprint density at radius 1 is 1.33 bits per heavy atom. The maximum atomic E-state index is 5.64. The predicted molar refractivity (Wildman–Crippen MR) is 54.8 cm³/mol. The minimum absolute atomic E-state index is 0.801. The van der Waals surface area contributed by atoms with E-state index in [1.54, 1.807) is 0 Å². The van der Waals surface area contributed by atoms with E-state index in [9.17, 15) is 0 Å². The Morgan fingerprint density at radius 2 is 2.00 bits per heavy atom. The number of alkyl halides is 1. The van der Waals surface area contributed by atoms with Crippen LogP contribution in [-0.2, 0) is 0 Å². The molecule has 1 fully saturated rings. The minimum atomic E-state index is 0.801. The van der Waals surface area contributed by atoms with E-state index < -0.39 is 0 Å². The quantitative estimate of drug-likeness (QED) is 0.602. The summed E-state index contributed by atoms with van der Waals surface area (Å²) in [7, 11) is 2.21. The van der Waals surface area contributed by atoms with Gasteiger partial charge in [0.25, 0.3) is 0 Å². The molecule has 0 bridgehead atoms. The van der Waals surface area contributed by atoms with Gasteiger partial charge < -0.3 is 4.90 Å². The van der Waals surface area contributed by atoms with E-state index in [1.807, 2.05) is 0 Å². The van der Waals surface area contributed by atoms with Crippen LogP contribution in [0.4, 0.5) is 0 Å². The average molecular weight is 190 g/mol. The van der Waals surface area contributed by atoms with Crippen LogP contribution >= 0.6 is 11.6 Å². The summed E-state index contributed by atoms with van der Waals surface area (Å²) in [4.78, 5) is 2.43. The van der Waals surface area contributed by atoms with Crippen molar-refractivity contribution >= 4 is 11.6 Å². The van der Waals surface area contributed by atoms with Crippen LogP contribution in [-0.4, -0.2) is 30.9 Å². The van der Waals surface area contributed by atoms with E-state index in [0.717, 1.165) is 18.2 Å². The molecule has 2 heteroatoms. The van der Waals surface area contributed by atoms with Crippen molar-refractivity contribution < 1.29 is 0 Å². The van der Waals surface area contributed by atoms with E-state index in [0.29, 0.717) is 0 Å². The van der Waals surface area contributed by atoms with Crippen molar-refractivity contribution in [1.29, 1.82) is 0 Å². The molecule has 0 aromatic carbocycles. The van der Waals surface area contributed by atoms with Crippen molar-refractivity contribution in [2.24, 2.45) is 5.92 Å². The second-order valence-electron chi connectivity index (χ2n) is 3.96. The molecule has 0 atom stereocenters. The lowest BCUT2D eigenvalue weighted by atomic mass is 10.1. The fourth-order valence-electron chi connectivity index (χ4n) is 2.05. The number of hydrogen-bond acceptors (Lipinski definition) is 1. The standard InChI is InChI=1S/C10H20ClN/c1-12(8-4-7-11)9-10-5-2-3-6-10/h10H,2-9H2,1H3. The Bertz CT molecular complexity index is 110. The maximum absolute atomic E-state index is 5.64. The Balaban J connectivity index is 2.03. The summed E-state index contributed by atoms with van der Waals surface area (Å²) in [6.07, 6.45) is 6.93. The van der Waals surface area contributed by atoms with Gasteiger partial charge in [0, 0.05) is 12.4 Å². The molecular formula is C10H20ClN. The third-order valence-electron chi connectivity index (χ3n) is 2.72. The van der Waals surface area contributed by atoms with Gasteiger partial charge in [-0.2, -0.15) is 0 Å². The molecule has 0 aromatic heterocycles. The van der Waals surface area contributed by atoms with Gasteiger partial charge in [0.1, 0.15) is 0 Å². The zero-order valence-corrected chi connectivity index (χ0v) is 8.82. The fourth-order valence-corrected chi connectivity index (χ4v) is 2.17. The highest BCUT2D eigenvalue weighted by Gasteiger charge is 2.16. The summed E-state index contributed by atoms with van der Waals surface area (Å²) in [6.45, 7) is 2.46. The van der Waals surface area contributed by atoms with Gasteiger partial charge in [0.15, 0.2) is 0 Å². The highest BCUT2D eigenvalue weighted by atomic mass is 35.5. The topological polar surface area (TPSA) is 3.24 Å². The molecule has 12 heavy (non-hydrogen) atoms. The van der Waals surface area contributed by atoms with Gasteiger partial charge in [0.05, 0.1) is 0 Å². The molecule has 72 valence electrons. The van der Waals surface area contributed by atoms with Gasteiger partial charge in [-0.05, 0) is 38.8 Å². The van der Waals surface area contributed by atoms with Crippen molar-refractivity contribution in [2.45, 2.75) is 32.1 Å². The van der Waals surface area contributed by atoms with Crippen LogP contribution in [0.15, 0.2) is 0 Å². The molecule has 1 saturated carbocycles. The summed E-state index contributed by atoms with van der Waals surface area (Å²) < 4.78 is 0. The Morgan fingerprint density at radius 3 is 2.58 bits per heavy atom. The molecule has 0 unspecified atom stereocenters. The van der Waals surface area contributed by atoms with Gasteiger partial charge in [-0.15, -0.1) is 11.6 Å². The molecule has 0 aliphatic heterocycles. The molecule has 0 radical (unpaired) electrons. The lowest BCUT2D eigenvalue weighted by molar-refractivity contribution is 0.279. The zero-order chi connectivity index (χ0) is 8.81. The first-order valence-electron chi connectivity index (χ1n) is 5.07. The number of nitrogens with zero attached hydrogens (tertiary/aromatic N) is 1. The number of rotatable bonds is 5. The summed E-state index contributed by atoms with van der Waals surface area (Å²) in [5.41, 5.74) is 0. The SMILES string of the molecule is CN(CCCCl)CC1CCCC1. The molecule has 0 amide bonds. The predicted octanol–water partition coefficient (Wildman–Crippen LogP) is 2.74. The largest absolute Gasteiger partial charge is 0.306 e. The molecule has 1 nitrogen and oxygen atoms in total. The van der Waals surface area contributed by atoms with E-state index in [4.69, 9.17) is 11.6 Å². The van der Waals surface area contributed by atoms with Crippen LogP contribution in [0.2, 0.25) is 0 Å². The molecule has 1 aliphatic carbocycles. The van der Waals surface area contributed by atoms with Crippen molar-refractivity contribution in [3.8, 4) is 0 Å². The van der Waals surface area contributed by atoms with E-state index in [2.05, 4.69) is 11.9 Å². The van der Waals surface area contributed by atoms with Crippen molar-refractivity contribution in [1.82, 2.24) is 4.90 Å². The summed E-state index contributed by atoms with van der Waals surface area (Å²) in [6, 6.07) is 0. The van der Waals surface area contributed by atoms with E-state index in [1.165, 1.54) is 38.8 Å². The summed E-state index contributed by atoms with van der Waals surface area (Å²) >= 11 is 5.64. The van der Waals surface area contributed by atoms with Crippen LogP contribution in [0.3, 0.4) is 0 Å². The second-order valence-corrected chi connectivity index (χ2v) is 4.33. The van der Waals surface area contributed by atoms with E-state index in [-0.39, 0.29) is 0 Å². The van der Waals surface area contributed by atoms with Gasteiger partial charge in [0.2, 0.25) is 0 Å². The van der Waals surface area contributed by atoms with Gasteiger partial charge in [-0.1, -0.05) is 12.8 Å². The molecule has 1 aliphatic rings. The highest BCUT2D eigenvalue weighted by Crippen LogP contribution is 2.25. The van der Waals surface area contributed by atoms with Crippen molar-refractivity contribution in [3.05, 3.63) is 0 Å². The molecule has 0 aromatic rings. The van der Waals surface area contributed by atoms with Crippen LogP contribution in [0.25, 0.3) is 0 Å². The summed E-state index contributed by atoms with van der Waals surface area (Å²) in [5, 5.41) is 0. The molecular weight excluding hydrogens is 170 g/mol. The lowest BCUT2D eigenvalue weighted by Crippen LogP contribution is -2.25. The van der Waals surface area contributed by atoms with Crippen LogP contribution in [0, 0.1) is 5.92 Å². The van der Waals surface area contributed by atoms with Gasteiger partial charge in [-0.3, -0.25) is 0 Å². The highest BCUT2D eigenvalue weighted by molar-refractivity contribution is 6.17. The fraction of sp³-hybridized carbons (Fsp3) is 1.00. The smallest absolute Gasteiger partial charge is 0.0235 e. The first-order chi connectivity index (χ1) is 5.83. The first kappa shape index (κ1) is 10.3. The number of hydrogen-bond donors (Lipinski definition) is 0. The zero-order valence-electron chi connectivity index (χ0n) is 8.06. The molecule has 0 N–H and O–H groups in total. The van der Waals surface area contributed by atoms with Crippen LogP contribution < -0.4 is 0 Å². The Kier molecular flexibility index (Phi) is 5.01. The van der Waals surface area contributed by atoms with Gasteiger partial charge in [-0.25, -0.2) is 0 Å². The average Bonchev–Trinajstić information content (AvgIpc) is 2.53. The molecule has 0 spiro atoms. The molecule has 1 rings (SSSR count).